The number of amides is 1. The van der Waals surface area contributed by atoms with Crippen molar-refractivity contribution in [2.24, 2.45) is 0 Å². The Morgan fingerprint density at radius 3 is 2.72 bits per heavy atom. The second kappa shape index (κ2) is 4.92. The molecule has 1 atom stereocenters. The molecular formula is C15H19NO2. The summed E-state index contributed by atoms with van der Waals surface area (Å²) in [6.07, 6.45) is 2.41. The number of nitrogens with zero attached hydrogens (tertiary/aromatic N) is 1. The van der Waals surface area contributed by atoms with Crippen LogP contribution in [0.15, 0.2) is 18.2 Å². The lowest BCUT2D eigenvalue weighted by molar-refractivity contribution is -0.117. The van der Waals surface area contributed by atoms with E-state index in [1.165, 1.54) is 0 Å². The van der Waals surface area contributed by atoms with E-state index in [9.17, 15) is 9.59 Å². The minimum absolute atomic E-state index is 0.0676. The fraction of sp³-hybridized carbons (Fsp3) is 0.467. The number of fused-ring (bicyclic) bond motifs is 1. The van der Waals surface area contributed by atoms with Crippen LogP contribution in [0.3, 0.4) is 0 Å². The third kappa shape index (κ3) is 2.17. The number of anilines is 1. The van der Waals surface area contributed by atoms with Gasteiger partial charge in [0, 0.05) is 30.6 Å². The highest BCUT2D eigenvalue weighted by molar-refractivity contribution is 5.98. The third-order valence-corrected chi connectivity index (χ3v) is 3.59. The Bertz CT molecular complexity index is 493. The van der Waals surface area contributed by atoms with Gasteiger partial charge in [-0.25, -0.2) is 0 Å². The van der Waals surface area contributed by atoms with Gasteiger partial charge in [-0.15, -0.1) is 0 Å². The highest BCUT2D eigenvalue weighted by Crippen LogP contribution is 2.31. The number of carbonyl (C=O) groups is 2. The van der Waals surface area contributed by atoms with Crippen molar-refractivity contribution in [2.45, 2.75) is 46.1 Å². The molecule has 0 N–H and O–H groups in total. The SMILES string of the molecule is CCC(=O)c1ccc2c(c1)CCC(C)N2C(C)=O. The second-order valence-electron chi connectivity index (χ2n) is 4.90. The lowest BCUT2D eigenvalue weighted by atomic mass is 9.93. The average molecular weight is 245 g/mol. The molecule has 0 saturated heterocycles. The van der Waals surface area contributed by atoms with Crippen molar-refractivity contribution < 1.29 is 9.59 Å². The van der Waals surface area contributed by atoms with Gasteiger partial charge in [0.1, 0.15) is 0 Å². The third-order valence-electron chi connectivity index (χ3n) is 3.59. The molecule has 1 aliphatic heterocycles. The van der Waals surface area contributed by atoms with Gasteiger partial charge in [-0.3, -0.25) is 9.59 Å². The number of carbonyl (C=O) groups excluding carboxylic acids is 2. The molecule has 1 heterocycles. The lowest BCUT2D eigenvalue weighted by Gasteiger charge is -2.34. The summed E-state index contributed by atoms with van der Waals surface area (Å²) < 4.78 is 0. The second-order valence-corrected chi connectivity index (χ2v) is 4.90. The first-order valence-electron chi connectivity index (χ1n) is 6.50. The largest absolute Gasteiger partial charge is 0.310 e. The lowest BCUT2D eigenvalue weighted by Crippen LogP contribution is -2.40. The molecule has 1 unspecified atom stereocenters. The van der Waals surface area contributed by atoms with Gasteiger partial charge in [-0.05, 0) is 43.5 Å². The zero-order valence-electron chi connectivity index (χ0n) is 11.2. The van der Waals surface area contributed by atoms with E-state index in [1.54, 1.807) is 6.92 Å². The Hall–Kier alpha value is -1.64. The summed E-state index contributed by atoms with van der Waals surface area (Å²) in [4.78, 5) is 25.2. The smallest absolute Gasteiger partial charge is 0.224 e. The molecule has 0 aliphatic carbocycles. The average Bonchev–Trinajstić information content (AvgIpc) is 2.36. The maximum Gasteiger partial charge on any atom is 0.224 e. The van der Waals surface area contributed by atoms with Gasteiger partial charge < -0.3 is 4.90 Å². The van der Waals surface area contributed by atoms with Crippen molar-refractivity contribution in [3.63, 3.8) is 0 Å². The van der Waals surface area contributed by atoms with Gasteiger partial charge in [0.25, 0.3) is 0 Å². The Kier molecular flexibility index (Phi) is 3.50. The Morgan fingerprint density at radius 1 is 1.39 bits per heavy atom. The molecule has 18 heavy (non-hydrogen) atoms. The summed E-state index contributed by atoms with van der Waals surface area (Å²) in [7, 11) is 0. The minimum Gasteiger partial charge on any atom is -0.310 e. The normalized spacial score (nSPS) is 18.4. The van der Waals surface area contributed by atoms with Crippen LogP contribution in [0.4, 0.5) is 5.69 Å². The van der Waals surface area contributed by atoms with Gasteiger partial charge in [-0.1, -0.05) is 6.92 Å². The summed E-state index contributed by atoms with van der Waals surface area (Å²) in [5, 5.41) is 0. The summed E-state index contributed by atoms with van der Waals surface area (Å²) in [5.41, 5.74) is 2.84. The Balaban J connectivity index is 2.43. The fourth-order valence-electron chi connectivity index (χ4n) is 2.61. The van der Waals surface area contributed by atoms with E-state index in [2.05, 4.69) is 6.92 Å². The van der Waals surface area contributed by atoms with Gasteiger partial charge >= 0.3 is 0 Å². The van der Waals surface area contributed by atoms with Gasteiger partial charge in [-0.2, -0.15) is 0 Å². The molecule has 0 aromatic heterocycles. The van der Waals surface area contributed by atoms with Crippen LogP contribution >= 0.6 is 0 Å². The molecular weight excluding hydrogens is 226 g/mol. The topological polar surface area (TPSA) is 37.4 Å². The molecule has 0 bridgehead atoms. The summed E-state index contributed by atoms with van der Waals surface area (Å²) in [5.74, 6) is 0.226. The van der Waals surface area contributed by atoms with E-state index in [0.29, 0.717) is 6.42 Å². The van der Waals surface area contributed by atoms with Crippen molar-refractivity contribution in [2.75, 3.05) is 4.90 Å². The molecule has 1 amide bonds. The Labute approximate surface area is 108 Å². The molecule has 96 valence electrons. The van der Waals surface area contributed by atoms with E-state index in [-0.39, 0.29) is 17.7 Å². The van der Waals surface area contributed by atoms with Gasteiger partial charge in [0.2, 0.25) is 5.91 Å². The summed E-state index contributed by atoms with van der Waals surface area (Å²) >= 11 is 0. The molecule has 3 heteroatoms. The van der Waals surface area contributed by atoms with E-state index in [1.807, 2.05) is 30.0 Å². The molecule has 1 aromatic carbocycles. The molecule has 0 fully saturated rings. The molecule has 2 rings (SSSR count). The first-order valence-corrected chi connectivity index (χ1v) is 6.50. The van der Waals surface area contributed by atoms with Crippen LogP contribution < -0.4 is 4.90 Å². The van der Waals surface area contributed by atoms with Crippen LogP contribution in [0, 0.1) is 0 Å². The summed E-state index contributed by atoms with van der Waals surface area (Å²) in [6, 6.07) is 5.93. The zero-order valence-corrected chi connectivity index (χ0v) is 11.2. The zero-order chi connectivity index (χ0) is 13.3. The molecule has 1 aliphatic rings. The van der Waals surface area contributed by atoms with Crippen LogP contribution in [-0.2, 0) is 11.2 Å². The predicted molar refractivity (Wildman–Crippen MR) is 72.0 cm³/mol. The van der Waals surface area contributed by atoms with E-state index < -0.39 is 0 Å². The fourth-order valence-corrected chi connectivity index (χ4v) is 2.61. The molecule has 0 spiro atoms. The molecule has 0 radical (unpaired) electrons. The first-order chi connectivity index (χ1) is 8.54. The van der Waals surface area contributed by atoms with E-state index >= 15 is 0 Å². The monoisotopic (exact) mass is 245 g/mol. The Morgan fingerprint density at radius 2 is 2.11 bits per heavy atom. The number of hydrogen-bond acceptors (Lipinski definition) is 2. The van der Waals surface area contributed by atoms with E-state index in [4.69, 9.17) is 0 Å². The first kappa shape index (κ1) is 12.8. The van der Waals surface area contributed by atoms with Crippen LogP contribution in [0.2, 0.25) is 0 Å². The van der Waals surface area contributed by atoms with Crippen LogP contribution in [-0.4, -0.2) is 17.7 Å². The van der Waals surface area contributed by atoms with Crippen molar-refractivity contribution in [3.8, 4) is 0 Å². The minimum atomic E-state index is 0.0676. The standard InChI is InChI=1S/C15H19NO2/c1-4-15(18)13-7-8-14-12(9-13)6-5-10(2)16(14)11(3)17/h7-10H,4-6H2,1-3H3. The van der Waals surface area contributed by atoms with Crippen molar-refractivity contribution in [1.29, 1.82) is 0 Å². The van der Waals surface area contributed by atoms with E-state index in [0.717, 1.165) is 29.7 Å². The molecule has 3 nitrogen and oxygen atoms in total. The maximum absolute atomic E-state index is 11.7. The van der Waals surface area contributed by atoms with Gasteiger partial charge in [0.15, 0.2) is 5.78 Å². The number of hydrogen-bond donors (Lipinski definition) is 0. The number of Topliss-reactive ketones (excluding diaryl/α,β-unsaturated/α-hetero) is 1. The quantitative estimate of drug-likeness (QED) is 0.751. The molecule has 0 saturated carbocycles. The van der Waals surface area contributed by atoms with Crippen molar-refractivity contribution in [1.82, 2.24) is 0 Å². The van der Waals surface area contributed by atoms with Crippen LogP contribution in [0.25, 0.3) is 0 Å². The molecule has 1 aromatic rings. The van der Waals surface area contributed by atoms with Crippen molar-refractivity contribution >= 4 is 17.4 Å². The number of ketones is 1. The summed E-state index contributed by atoms with van der Waals surface area (Å²) in [6.45, 7) is 5.53. The van der Waals surface area contributed by atoms with Crippen molar-refractivity contribution in [3.05, 3.63) is 29.3 Å². The maximum atomic E-state index is 11.7. The van der Waals surface area contributed by atoms with Crippen LogP contribution in [0.5, 0.6) is 0 Å². The predicted octanol–water partition coefficient (Wildman–Crippen LogP) is 2.97. The highest BCUT2D eigenvalue weighted by Gasteiger charge is 2.26. The number of rotatable bonds is 2. The number of aryl methyl sites for hydroxylation is 1. The highest BCUT2D eigenvalue weighted by atomic mass is 16.2. The number of benzene rings is 1. The van der Waals surface area contributed by atoms with Crippen LogP contribution in [0.1, 0.15) is 49.5 Å². The van der Waals surface area contributed by atoms with Gasteiger partial charge in [0.05, 0.1) is 0 Å².